The van der Waals surface area contributed by atoms with Crippen LogP contribution in [0, 0.1) is 0 Å². The monoisotopic (exact) mass is 283 g/mol. The van der Waals surface area contributed by atoms with E-state index < -0.39 is 11.7 Å². The Balaban J connectivity index is 2.75. The van der Waals surface area contributed by atoms with Gasteiger partial charge in [0.15, 0.2) is 0 Å². The van der Waals surface area contributed by atoms with Gasteiger partial charge in [0, 0.05) is 6.42 Å². The normalized spacial score (nSPS) is 11.0. The van der Waals surface area contributed by atoms with Crippen LogP contribution in [0.5, 0.6) is 0 Å². The van der Waals surface area contributed by atoms with Gasteiger partial charge in [0.2, 0.25) is 0 Å². The lowest BCUT2D eigenvalue weighted by Gasteiger charge is -2.20. The van der Waals surface area contributed by atoms with E-state index in [0.717, 1.165) is 5.56 Å². The first kappa shape index (κ1) is 15.5. The van der Waals surface area contributed by atoms with Gasteiger partial charge in [-0.3, -0.25) is 10.1 Å². The number of nitrogens with one attached hydrogen (secondary N) is 1. The Morgan fingerprint density at radius 2 is 1.95 bits per heavy atom. The van der Waals surface area contributed by atoms with E-state index in [0.29, 0.717) is 17.1 Å². The minimum atomic E-state index is -0.564. The second kappa shape index (κ2) is 6.06. The SMILES string of the molecule is CC(=O)Cc1ccc(NC(=O)OC(C)(C)C)c(Cl)c1. The molecule has 1 N–H and O–H groups in total. The number of Topliss-reactive ketones (excluding diaryl/α,β-unsaturated/α-hetero) is 1. The predicted molar refractivity (Wildman–Crippen MR) is 75.7 cm³/mol. The van der Waals surface area contributed by atoms with Gasteiger partial charge in [0.25, 0.3) is 0 Å². The number of ketones is 1. The highest BCUT2D eigenvalue weighted by molar-refractivity contribution is 6.33. The van der Waals surface area contributed by atoms with Crippen LogP contribution >= 0.6 is 11.6 Å². The highest BCUT2D eigenvalue weighted by Gasteiger charge is 2.17. The molecular weight excluding hydrogens is 266 g/mol. The van der Waals surface area contributed by atoms with E-state index in [4.69, 9.17) is 16.3 Å². The number of hydrogen-bond acceptors (Lipinski definition) is 3. The Hall–Kier alpha value is -1.55. The summed E-state index contributed by atoms with van der Waals surface area (Å²) in [5.74, 6) is 0.0592. The fraction of sp³-hybridized carbons (Fsp3) is 0.429. The molecule has 0 unspecified atom stereocenters. The van der Waals surface area contributed by atoms with Crippen LogP contribution in [0.2, 0.25) is 5.02 Å². The lowest BCUT2D eigenvalue weighted by atomic mass is 10.1. The molecule has 0 radical (unpaired) electrons. The van der Waals surface area contributed by atoms with Gasteiger partial charge < -0.3 is 4.74 Å². The van der Waals surface area contributed by atoms with Crippen LogP contribution in [0.25, 0.3) is 0 Å². The van der Waals surface area contributed by atoms with E-state index in [1.165, 1.54) is 6.92 Å². The van der Waals surface area contributed by atoms with Crippen LogP contribution < -0.4 is 5.32 Å². The quantitative estimate of drug-likeness (QED) is 0.917. The fourth-order valence-electron chi connectivity index (χ4n) is 1.47. The van der Waals surface area contributed by atoms with Crippen molar-refractivity contribution in [1.29, 1.82) is 0 Å². The first-order valence-corrected chi connectivity index (χ1v) is 6.33. The summed E-state index contributed by atoms with van der Waals surface area (Å²) in [6.07, 6.45) is -0.236. The number of ether oxygens (including phenoxy) is 1. The molecule has 19 heavy (non-hydrogen) atoms. The minimum Gasteiger partial charge on any atom is -0.444 e. The van der Waals surface area contributed by atoms with Crippen LogP contribution in [0.3, 0.4) is 0 Å². The zero-order valence-electron chi connectivity index (χ0n) is 11.5. The topological polar surface area (TPSA) is 55.4 Å². The number of benzene rings is 1. The summed E-state index contributed by atoms with van der Waals surface area (Å²) in [5.41, 5.74) is 0.709. The highest BCUT2D eigenvalue weighted by atomic mass is 35.5. The Bertz CT molecular complexity index is 492. The Morgan fingerprint density at radius 1 is 1.32 bits per heavy atom. The minimum absolute atomic E-state index is 0.0592. The second-order valence-corrected chi connectivity index (χ2v) is 5.73. The summed E-state index contributed by atoms with van der Waals surface area (Å²) >= 11 is 6.05. The lowest BCUT2D eigenvalue weighted by Crippen LogP contribution is -2.27. The Morgan fingerprint density at radius 3 is 2.42 bits per heavy atom. The van der Waals surface area contributed by atoms with E-state index >= 15 is 0 Å². The van der Waals surface area contributed by atoms with Gasteiger partial charge in [0.05, 0.1) is 10.7 Å². The van der Waals surface area contributed by atoms with E-state index in [1.807, 2.05) is 0 Å². The van der Waals surface area contributed by atoms with E-state index in [9.17, 15) is 9.59 Å². The summed E-state index contributed by atoms with van der Waals surface area (Å²) in [7, 11) is 0. The molecule has 0 aliphatic rings. The van der Waals surface area contributed by atoms with E-state index in [2.05, 4.69) is 5.32 Å². The van der Waals surface area contributed by atoms with Gasteiger partial charge in [-0.05, 0) is 45.4 Å². The molecule has 1 rings (SSSR count). The molecule has 0 bridgehead atoms. The Kier molecular flexibility index (Phi) is 4.95. The number of rotatable bonds is 3. The second-order valence-electron chi connectivity index (χ2n) is 5.32. The zero-order chi connectivity index (χ0) is 14.6. The molecular formula is C14H18ClNO3. The molecule has 4 nitrogen and oxygen atoms in total. The third kappa shape index (κ3) is 5.75. The van der Waals surface area contributed by atoms with Crippen molar-refractivity contribution in [2.24, 2.45) is 0 Å². The van der Waals surface area contributed by atoms with Crippen molar-refractivity contribution in [2.45, 2.75) is 39.7 Å². The van der Waals surface area contributed by atoms with Crippen molar-refractivity contribution in [2.75, 3.05) is 5.32 Å². The maximum atomic E-state index is 11.6. The van der Waals surface area contributed by atoms with Gasteiger partial charge in [-0.25, -0.2) is 4.79 Å². The average molecular weight is 284 g/mol. The Labute approximate surface area is 118 Å². The van der Waals surface area contributed by atoms with Crippen LogP contribution in [-0.2, 0) is 16.0 Å². The van der Waals surface area contributed by atoms with Gasteiger partial charge in [-0.15, -0.1) is 0 Å². The third-order valence-electron chi connectivity index (χ3n) is 2.12. The molecule has 0 aliphatic heterocycles. The van der Waals surface area contributed by atoms with Gasteiger partial charge in [-0.2, -0.15) is 0 Å². The summed E-state index contributed by atoms with van der Waals surface area (Å²) in [6.45, 7) is 6.86. The van der Waals surface area contributed by atoms with Crippen LogP contribution in [0.15, 0.2) is 18.2 Å². The van der Waals surface area contributed by atoms with Gasteiger partial charge in [0.1, 0.15) is 11.4 Å². The van der Waals surface area contributed by atoms with Crippen molar-refractivity contribution >= 4 is 29.2 Å². The first-order valence-electron chi connectivity index (χ1n) is 5.95. The summed E-state index contributed by atoms with van der Waals surface area (Å²) in [4.78, 5) is 22.6. The largest absolute Gasteiger partial charge is 0.444 e. The number of halogens is 1. The molecule has 0 fully saturated rings. The van der Waals surface area contributed by atoms with Crippen LogP contribution in [0.1, 0.15) is 33.3 Å². The molecule has 0 aliphatic carbocycles. The summed E-state index contributed by atoms with van der Waals surface area (Å²) in [6, 6.07) is 5.07. The van der Waals surface area contributed by atoms with E-state index in [1.54, 1.807) is 39.0 Å². The first-order chi connectivity index (χ1) is 8.67. The number of amides is 1. The van der Waals surface area contributed by atoms with Crippen molar-refractivity contribution in [1.82, 2.24) is 0 Å². The number of hydrogen-bond donors (Lipinski definition) is 1. The summed E-state index contributed by atoms with van der Waals surface area (Å²) < 4.78 is 5.13. The molecule has 104 valence electrons. The number of anilines is 1. The smallest absolute Gasteiger partial charge is 0.412 e. The standard InChI is InChI=1S/C14H18ClNO3/c1-9(17)7-10-5-6-12(11(15)8-10)16-13(18)19-14(2,3)4/h5-6,8H,7H2,1-4H3,(H,16,18). The van der Waals surface area contributed by atoms with Crippen molar-refractivity contribution in [3.8, 4) is 0 Å². The molecule has 0 atom stereocenters. The maximum Gasteiger partial charge on any atom is 0.412 e. The van der Waals surface area contributed by atoms with Gasteiger partial charge in [-0.1, -0.05) is 17.7 Å². The molecule has 1 aromatic carbocycles. The molecule has 1 aromatic rings. The molecule has 0 heterocycles. The van der Waals surface area contributed by atoms with Crippen LogP contribution in [-0.4, -0.2) is 17.5 Å². The lowest BCUT2D eigenvalue weighted by molar-refractivity contribution is -0.116. The maximum absolute atomic E-state index is 11.6. The average Bonchev–Trinajstić information content (AvgIpc) is 2.18. The van der Waals surface area contributed by atoms with E-state index in [-0.39, 0.29) is 5.78 Å². The molecule has 0 saturated carbocycles. The number of carbonyl (C=O) groups excluding carboxylic acids is 2. The molecule has 5 heteroatoms. The molecule has 0 aromatic heterocycles. The van der Waals surface area contributed by atoms with Crippen molar-refractivity contribution < 1.29 is 14.3 Å². The fourth-order valence-corrected chi connectivity index (χ4v) is 1.72. The van der Waals surface area contributed by atoms with Crippen molar-refractivity contribution in [3.05, 3.63) is 28.8 Å². The predicted octanol–water partition coefficient (Wildman–Crippen LogP) is 3.82. The highest BCUT2D eigenvalue weighted by Crippen LogP contribution is 2.24. The summed E-state index contributed by atoms with van der Waals surface area (Å²) in [5, 5.41) is 2.95. The van der Waals surface area contributed by atoms with Crippen LogP contribution in [0.4, 0.5) is 10.5 Å². The van der Waals surface area contributed by atoms with Gasteiger partial charge >= 0.3 is 6.09 Å². The molecule has 0 spiro atoms. The number of carbonyl (C=O) groups is 2. The molecule has 0 saturated heterocycles. The third-order valence-corrected chi connectivity index (χ3v) is 2.43. The van der Waals surface area contributed by atoms with Crippen molar-refractivity contribution in [3.63, 3.8) is 0 Å². The molecule has 1 amide bonds. The zero-order valence-corrected chi connectivity index (χ0v) is 12.3.